The van der Waals surface area contributed by atoms with Crippen LogP contribution in [0.2, 0.25) is 18.1 Å². The lowest BCUT2D eigenvalue weighted by Crippen LogP contribution is -2.48. The van der Waals surface area contributed by atoms with Crippen LogP contribution in [-0.4, -0.2) is 22.0 Å². The lowest BCUT2D eigenvalue weighted by Gasteiger charge is -2.53. The molecule has 0 amide bonds. The van der Waals surface area contributed by atoms with E-state index in [4.69, 9.17) is 9.16 Å². The van der Waals surface area contributed by atoms with E-state index in [2.05, 4.69) is 78.1 Å². The first-order chi connectivity index (χ1) is 14.0. The van der Waals surface area contributed by atoms with E-state index in [1.165, 1.54) is 24.8 Å². The van der Waals surface area contributed by atoms with Gasteiger partial charge in [0.15, 0.2) is 8.32 Å². The van der Waals surface area contributed by atoms with E-state index in [0.29, 0.717) is 29.1 Å². The zero-order chi connectivity index (χ0) is 21.9. The molecule has 30 heavy (non-hydrogen) atoms. The lowest BCUT2D eigenvalue weighted by molar-refractivity contribution is 0.00540. The van der Waals surface area contributed by atoms with E-state index in [0.717, 1.165) is 18.3 Å². The molecule has 1 unspecified atom stereocenters. The molecule has 166 valence electrons. The lowest BCUT2D eigenvalue weighted by atomic mass is 9.51. The summed E-state index contributed by atoms with van der Waals surface area (Å²) >= 11 is 0. The van der Waals surface area contributed by atoms with E-state index in [-0.39, 0.29) is 5.04 Å². The van der Waals surface area contributed by atoms with Crippen LogP contribution in [0, 0.1) is 29.1 Å². The Kier molecular flexibility index (Phi) is 5.55. The van der Waals surface area contributed by atoms with Crippen LogP contribution in [0.25, 0.3) is 0 Å². The Morgan fingerprint density at radius 2 is 1.90 bits per heavy atom. The van der Waals surface area contributed by atoms with Gasteiger partial charge in [-0.1, -0.05) is 52.8 Å². The van der Waals surface area contributed by atoms with Gasteiger partial charge in [-0.3, -0.25) is 0 Å². The van der Waals surface area contributed by atoms with Gasteiger partial charge in [-0.25, -0.2) is 0 Å². The molecule has 1 aromatic carbocycles. The van der Waals surface area contributed by atoms with Gasteiger partial charge < -0.3 is 9.16 Å². The van der Waals surface area contributed by atoms with Crippen LogP contribution in [0.4, 0.5) is 0 Å². The van der Waals surface area contributed by atoms with Gasteiger partial charge in [0.05, 0.1) is 7.11 Å². The predicted octanol–water partition coefficient (Wildman–Crippen LogP) is 7.21. The molecule has 0 radical (unpaired) electrons. The van der Waals surface area contributed by atoms with Crippen molar-refractivity contribution in [1.29, 1.82) is 0 Å². The Hall–Kier alpha value is -1.06. The molecule has 0 bridgehead atoms. The average Bonchev–Trinajstić information content (AvgIpc) is 3.01. The van der Waals surface area contributed by atoms with Gasteiger partial charge in [0.2, 0.25) is 0 Å². The summed E-state index contributed by atoms with van der Waals surface area (Å²) < 4.78 is 12.2. The Morgan fingerprint density at radius 3 is 2.57 bits per heavy atom. The topological polar surface area (TPSA) is 18.5 Å². The molecule has 2 nitrogen and oxygen atoms in total. The van der Waals surface area contributed by atoms with Gasteiger partial charge in [-0.15, -0.1) is 0 Å². The van der Waals surface area contributed by atoms with E-state index in [1.807, 2.05) is 0 Å². The third kappa shape index (κ3) is 3.50. The number of hydrogen-bond donors (Lipinski definition) is 0. The van der Waals surface area contributed by atoms with Crippen molar-refractivity contribution in [2.45, 2.75) is 77.9 Å². The van der Waals surface area contributed by atoms with Crippen molar-refractivity contribution >= 4 is 8.32 Å². The Balaban J connectivity index is 1.55. The quantitative estimate of drug-likeness (QED) is 0.374. The fourth-order valence-electron chi connectivity index (χ4n) is 6.37. The molecular formula is C27H42O2Si. The molecule has 3 heteroatoms. The number of allylic oxidation sites excluding steroid dienone is 1. The van der Waals surface area contributed by atoms with Gasteiger partial charge in [-0.05, 0) is 89.7 Å². The fourth-order valence-corrected chi connectivity index (χ4v) is 7.40. The Morgan fingerprint density at radius 1 is 1.17 bits per heavy atom. The second kappa shape index (κ2) is 7.51. The molecule has 3 aliphatic rings. The van der Waals surface area contributed by atoms with Crippen LogP contribution in [0.15, 0.2) is 30.4 Å². The van der Waals surface area contributed by atoms with E-state index < -0.39 is 8.32 Å². The minimum Gasteiger partial charge on any atom is -0.497 e. The minimum atomic E-state index is -1.71. The summed E-state index contributed by atoms with van der Waals surface area (Å²) in [5.74, 6) is 4.39. The number of rotatable bonds is 4. The maximum Gasteiger partial charge on any atom is 0.192 e. The molecule has 0 N–H and O–H groups in total. The summed E-state index contributed by atoms with van der Waals surface area (Å²) in [5.41, 5.74) is 3.46. The number of fused-ring (bicyclic) bond motifs is 5. The van der Waals surface area contributed by atoms with Crippen LogP contribution in [-0.2, 0) is 10.8 Å². The fraction of sp³-hybridized carbons (Fsp3) is 0.704. The SMILES string of the molecule is COc1ccc2c(c1)C[C@@H](C)[C@@H]1[C@@H]2CC[C@]2(C)C(CO[Si](C)(C)C(C)(C)C)C=C[C@H]12. The average molecular weight is 427 g/mol. The Bertz CT molecular complexity index is 821. The van der Waals surface area contributed by atoms with Crippen LogP contribution >= 0.6 is 0 Å². The van der Waals surface area contributed by atoms with Crippen molar-refractivity contribution in [3.8, 4) is 5.75 Å². The highest BCUT2D eigenvalue weighted by Crippen LogP contribution is 2.62. The maximum atomic E-state index is 6.71. The van der Waals surface area contributed by atoms with Crippen LogP contribution in [0.3, 0.4) is 0 Å². The van der Waals surface area contributed by atoms with Crippen molar-refractivity contribution in [2.75, 3.05) is 13.7 Å². The van der Waals surface area contributed by atoms with Gasteiger partial charge in [-0.2, -0.15) is 0 Å². The highest BCUT2D eigenvalue weighted by Gasteiger charge is 2.54. The molecule has 0 spiro atoms. The summed E-state index contributed by atoms with van der Waals surface area (Å²) in [6, 6.07) is 6.81. The maximum absolute atomic E-state index is 6.71. The number of benzene rings is 1. The summed E-state index contributed by atoms with van der Waals surface area (Å²) in [5, 5.41) is 0.274. The molecule has 6 atom stereocenters. The molecule has 0 aromatic heterocycles. The highest BCUT2D eigenvalue weighted by molar-refractivity contribution is 6.74. The summed E-state index contributed by atoms with van der Waals surface area (Å²) in [6.07, 6.45) is 8.90. The third-order valence-corrected chi connectivity index (χ3v) is 13.9. The van der Waals surface area contributed by atoms with Gasteiger partial charge in [0, 0.05) is 12.5 Å². The zero-order valence-corrected chi connectivity index (χ0v) is 21.4. The Labute approximate surface area is 185 Å². The molecule has 0 heterocycles. The molecular weight excluding hydrogens is 384 g/mol. The molecule has 1 fully saturated rings. The molecule has 0 aliphatic heterocycles. The normalized spacial score (nSPS) is 35.5. The number of ether oxygens (including phenoxy) is 1. The molecule has 4 rings (SSSR count). The number of methoxy groups -OCH3 is 1. The summed E-state index contributed by atoms with van der Waals surface area (Å²) in [4.78, 5) is 0. The van der Waals surface area contributed by atoms with E-state index in [9.17, 15) is 0 Å². The standard InChI is InChI=1S/C27H42O2Si/c1-18-15-19-16-21(28-6)10-11-22(19)23-13-14-27(5)20(9-12-24(27)25(18)23)17-29-30(7,8)26(2,3)4/h9-12,16,18,20,23-25H,13-15,17H2,1-8H3/t18-,20?,23-,24-,25-,27-/m1/s1. The summed E-state index contributed by atoms with van der Waals surface area (Å²) in [7, 11) is 0.0638. The van der Waals surface area contributed by atoms with Crippen LogP contribution in [0.1, 0.15) is 64.5 Å². The summed E-state index contributed by atoms with van der Waals surface area (Å²) in [6.45, 7) is 17.7. The second-order valence-corrected chi connectivity index (χ2v) is 16.9. The smallest absolute Gasteiger partial charge is 0.192 e. The first kappa shape index (κ1) is 22.1. The van der Waals surface area contributed by atoms with Gasteiger partial charge >= 0.3 is 0 Å². The van der Waals surface area contributed by atoms with Gasteiger partial charge in [0.25, 0.3) is 0 Å². The molecule has 0 saturated heterocycles. The molecule has 1 saturated carbocycles. The van der Waals surface area contributed by atoms with Crippen molar-refractivity contribution in [2.24, 2.45) is 29.1 Å². The minimum absolute atomic E-state index is 0.274. The monoisotopic (exact) mass is 426 g/mol. The van der Waals surface area contributed by atoms with E-state index in [1.54, 1.807) is 12.7 Å². The van der Waals surface area contributed by atoms with E-state index >= 15 is 0 Å². The molecule has 1 aromatic rings. The van der Waals surface area contributed by atoms with Crippen molar-refractivity contribution < 1.29 is 9.16 Å². The highest BCUT2D eigenvalue weighted by atomic mass is 28.4. The first-order valence-corrected chi connectivity index (χ1v) is 14.9. The predicted molar refractivity (Wildman–Crippen MR) is 129 cm³/mol. The number of hydrogen-bond acceptors (Lipinski definition) is 2. The van der Waals surface area contributed by atoms with Crippen LogP contribution < -0.4 is 4.74 Å². The molecule has 3 aliphatic carbocycles. The third-order valence-electron chi connectivity index (χ3n) is 9.41. The van der Waals surface area contributed by atoms with Crippen molar-refractivity contribution in [3.05, 3.63) is 41.5 Å². The van der Waals surface area contributed by atoms with Crippen molar-refractivity contribution in [3.63, 3.8) is 0 Å². The first-order valence-electron chi connectivity index (χ1n) is 12.0. The van der Waals surface area contributed by atoms with Crippen molar-refractivity contribution in [1.82, 2.24) is 0 Å². The second-order valence-electron chi connectivity index (χ2n) is 12.1. The van der Waals surface area contributed by atoms with Gasteiger partial charge in [0.1, 0.15) is 5.75 Å². The van der Waals surface area contributed by atoms with Crippen LogP contribution in [0.5, 0.6) is 5.75 Å². The zero-order valence-electron chi connectivity index (χ0n) is 20.4. The largest absolute Gasteiger partial charge is 0.497 e.